The van der Waals surface area contributed by atoms with Gasteiger partial charge in [0.15, 0.2) is 0 Å². The summed E-state index contributed by atoms with van der Waals surface area (Å²) in [4.78, 5) is 22.9. The highest BCUT2D eigenvalue weighted by Gasteiger charge is 2.17. The molecular formula is C19H20FN5O4S. The van der Waals surface area contributed by atoms with Crippen molar-refractivity contribution < 1.29 is 22.3 Å². The van der Waals surface area contributed by atoms with E-state index >= 15 is 0 Å². The Hall–Kier alpha value is -3.31. The van der Waals surface area contributed by atoms with Crippen LogP contribution in [0.15, 0.2) is 42.9 Å². The minimum absolute atomic E-state index is 0.0249. The maximum Gasteiger partial charge on any atom is 0.258 e. The first kappa shape index (κ1) is 21.4. The van der Waals surface area contributed by atoms with E-state index in [4.69, 9.17) is 4.74 Å². The Morgan fingerprint density at radius 3 is 2.73 bits per heavy atom. The molecular weight excluding hydrogens is 413 g/mol. The largest absolute Gasteiger partial charge is 0.372 e. The topological polar surface area (TPSA) is 119 Å². The molecule has 11 heteroatoms. The van der Waals surface area contributed by atoms with Crippen molar-refractivity contribution in [1.82, 2.24) is 24.8 Å². The van der Waals surface area contributed by atoms with E-state index < -0.39 is 10.3 Å². The molecule has 0 atom stereocenters. The monoisotopic (exact) mass is 433 g/mol. The minimum atomic E-state index is -2.54. The van der Waals surface area contributed by atoms with E-state index in [9.17, 15) is 17.6 Å². The van der Waals surface area contributed by atoms with Crippen LogP contribution in [0.25, 0.3) is 22.6 Å². The normalized spacial score (nSPS) is 10.7. The summed E-state index contributed by atoms with van der Waals surface area (Å²) in [5.41, 5.74) is 2.06. The molecule has 0 radical (unpaired) electrons. The van der Waals surface area contributed by atoms with Crippen molar-refractivity contribution in [2.75, 3.05) is 19.8 Å². The third-order valence-electron chi connectivity index (χ3n) is 4.14. The summed E-state index contributed by atoms with van der Waals surface area (Å²) in [6, 6.07) is 7.41. The molecule has 30 heavy (non-hydrogen) atoms. The Labute approximate surface area is 173 Å². The Bertz CT molecular complexity index is 1190. The second kappa shape index (κ2) is 9.94. The molecule has 0 spiro atoms. The SMILES string of the molecule is CCOCC(=O)NCCn1cnc(-c2ccc(F)cc2)c1-c1cc[nH]c(=S(=O)=O)n1. The van der Waals surface area contributed by atoms with Crippen LogP contribution < -0.4 is 5.32 Å². The van der Waals surface area contributed by atoms with Crippen molar-refractivity contribution in [3.63, 3.8) is 0 Å². The molecule has 0 aliphatic rings. The van der Waals surface area contributed by atoms with Gasteiger partial charge < -0.3 is 19.6 Å². The zero-order valence-corrected chi connectivity index (χ0v) is 16.9. The fourth-order valence-corrected chi connectivity index (χ4v) is 3.13. The Morgan fingerprint density at radius 2 is 2.03 bits per heavy atom. The van der Waals surface area contributed by atoms with Gasteiger partial charge in [-0.1, -0.05) is 0 Å². The summed E-state index contributed by atoms with van der Waals surface area (Å²) in [6.45, 7) is 2.88. The quantitative estimate of drug-likeness (QED) is 0.522. The molecule has 0 aliphatic carbocycles. The number of carbonyl (C=O) groups excluding carboxylic acids is 1. The van der Waals surface area contributed by atoms with Gasteiger partial charge in [0, 0.05) is 31.5 Å². The molecule has 0 saturated carbocycles. The predicted octanol–water partition coefficient (Wildman–Crippen LogP) is 1.64. The van der Waals surface area contributed by atoms with E-state index in [-0.39, 0.29) is 23.1 Å². The van der Waals surface area contributed by atoms with E-state index in [1.165, 1.54) is 18.3 Å². The Kier molecular flexibility index (Phi) is 7.09. The van der Waals surface area contributed by atoms with Crippen LogP contribution >= 0.6 is 0 Å². The van der Waals surface area contributed by atoms with E-state index in [2.05, 4.69) is 20.3 Å². The molecule has 0 fully saturated rings. The number of halogens is 1. The van der Waals surface area contributed by atoms with Gasteiger partial charge in [-0.05, 0) is 37.3 Å². The molecule has 1 aromatic carbocycles. The van der Waals surface area contributed by atoms with Gasteiger partial charge in [-0.2, -0.15) is 8.42 Å². The molecule has 0 unspecified atom stereocenters. The van der Waals surface area contributed by atoms with E-state index in [0.717, 1.165) is 0 Å². The number of nitrogens with one attached hydrogen (secondary N) is 2. The zero-order chi connectivity index (χ0) is 21.5. The number of ether oxygens (including phenoxy) is 1. The summed E-state index contributed by atoms with van der Waals surface area (Å²) >= 11 is 0. The van der Waals surface area contributed by atoms with Gasteiger partial charge in [-0.25, -0.2) is 14.4 Å². The van der Waals surface area contributed by atoms with Gasteiger partial charge >= 0.3 is 0 Å². The molecule has 3 aromatic rings. The number of nitrogens with zero attached hydrogens (tertiary/aromatic N) is 3. The number of hydrogen-bond acceptors (Lipinski definition) is 6. The van der Waals surface area contributed by atoms with Crippen LogP contribution in [0.3, 0.4) is 0 Å². The van der Waals surface area contributed by atoms with Gasteiger partial charge in [0.05, 0.1) is 23.4 Å². The number of aromatic amines is 1. The first-order valence-corrected chi connectivity index (χ1v) is 10.2. The van der Waals surface area contributed by atoms with Crippen LogP contribution in [0.4, 0.5) is 4.39 Å². The molecule has 1 amide bonds. The number of imidazole rings is 1. The van der Waals surface area contributed by atoms with Crippen LogP contribution in [0.1, 0.15) is 6.92 Å². The number of H-pyrrole nitrogens is 1. The van der Waals surface area contributed by atoms with Crippen LogP contribution in [-0.4, -0.2) is 53.6 Å². The summed E-state index contributed by atoms with van der Waals surface area (Å²) in [5.74, 6) is -0.623. The van der Waals surface area contributed by atoms with E-state index in [0.29, 0.717) is 42.3 Å². The maximum absolute atomic E-state index is 13.3. The molecule has 0 bridgehead atoms. The van der Waals surface area contributed by atoms with Crippen molar-refractivity contribution in [2.24, 2.45) is 0 Å². The molecule has 0 saturated heterocycles. The number of amides is 1. The highest BCUT2D eigenvalue weighted by Crippen LogP contribution is 2.30. The Balaban J connectivity index is 1.97. The van der Waals surface area contributed by atoms with Crippen LogP contribution in [-0.2, 0) is 26.4 Å². The number of benzene rings is 1. The van der Waals surface area contributed by atoms with Gasteiger partial charge in [0.1, 0.15) is 12.4 Å². The molecule has 0 aliphatic heterocycles. The van der Waals surface area contributed by atoms with Crippen LogP contribution in [0.5, 0.6) is 0 Å². The van der Waals surface area contributed by atoms with E-state index in [1.807, 2.05) is 0 Å². The average molecular weight is 433 g/mol. The molecule has 158 valence electrons. The summed E-state index contributed by atoms with van der Waals surface area (Å²) in [5, 5.41) is 2.74. The fourth-order valence-electron chi connectivity index (χ4n) is 2.79. The van der Waals surface area contributed by atoms with Gasteiger partial charge in [0.2, 0.25) is 5.91 Å². The number of rotatable bonds is 8. The van der Waals surface area contributed by atoms with Gasteiger partial charge in [0.25, 0.3) is 15.1 Å². The first-order valence-electron chi connectivity index (χ1n) is 9.13. The van der Waals surface area contributed by atoms with Gasteiger partial charge in [-0.3, -0.25) is 4.79 Å². The lowest BCUT2D eigenvalue weighted by molar-refractivity contribution is -0.125. The lowest BCUT2D eigenvalue weighted by Crippen LogP contribution is -2.30. The molecule has 2 heterocycles. The third kappa shape index (κ3) is 5.19. The number of hydrogen-bond donors (Lipinski definition) is 2. The molecule has 2 aromatic heterocycles. The average Bonchev–Trinajstić information content (AvgIpc) is 3.16. The second-order valence-electron chi connectivity index (χ2n) is 6.14. The lowest BCUT2D eigenvalue weighted by Gasteiger charge is -2.11. The third-order valence-corrected chi connectivity index (χ3v) is 4.66. The summed E-state index contributed by atoms with van der Waals surface area (Å²) in [6.07, 6.45) is 3.03. The predicted molar refractivity (Wildman–Crippen MR) is 107 cm³/mol. The minimum Gasteiger partial charge on any atom is -0.372 e. The van der Waals surface area contributed by atoms with E-state index in [1.54, 1.807) is 36.0 Å². The lowest BCUT2D eigenvalue weighted by atomic mass is 10.1. The first-order chi connectivity index (χ1) is 14.5. The zero-order valence-electron chi connectivity index (χ0n) is 16.1. The summed E-state index contributed by atoms with van der Waals surface area (Å²) < 4.78 is 42.6. The Morgan fingerprint density at radius 1 is 1.27 bits per heavy atom. The standard InChI is InChI=1S/C19H20FN5O4S/c1-2-29-11-16(26)21-9-10-25-12-23-17(13-3-5-14(20)6-4-13)18(25)15-7-8-22-19(24-15)30(27)28/h3-8,12,22H,2,9-11H2,1H3,(H,21,26). The van der Waals surface area contributed by atoms with Gasteiger partial charge in [-0.15, -0.1) is 0 Å². The summed E-state index contributed by atoms with van der Waals surface area (Å²) in [7, 11) is -2.54. The fraction of sp³-hybridized carbons (Fsp3) is 0.263. The van der Waals surface area contributed by atoms with Crippen molar-refractivity contribution in [1.29, 1.82) is 0 Å². The maximum atomic E-state index is 13.3. The molecule has 2 N–H and O–H groups in total. The highest BCUT2D eigenvalue weighted by atomic mass is 32.2. The molecule has 9 nitrogen and oxygen atoms in total. The number of carbonyl (C=O) groups is 1. The second-order valence-corrected chi connectivity index (χ2v) is 7.00. The highest BCUT2D eigenvalue weighted by molar-refractivity contribution is 7.63. The van der Waals surface area contributed by atoms with Crippen LogP contribution in [0, 0.1) is 10.6 Å². The molecule has 3 rings (SSSR count). The number of aromatic nitrogens is 4. The van der Waals surface area contributed by atoms with Crippen molar-refractivity contribution in [3.05, 3.63) is 53.4 Å². The van der Waals surface area contributed by atoms with Crippen molar-refractivity contribution in [2.45, 2.75) is 13.5 Å². The van der Waals surface area contributed by atoms with Crippen LogP contribution in [0.2, 0.25) is 0 Å². The van der Waals surface area contributed by atoms with Crippen molar-refractivity contribution in [3.8, 4) is 22.6 Å². The van der Waals surface area contributed by atoms with Crippen molar-refractivity contribution >= 4 is 16.2 Å². The smallest absolute Gasteiger partial charge is 0.258 e.